The first kappa shape index (κ1) is 23.4. The van der Waals surface area contributed by atoms with Crippen LogP contribution in [0.3, 0.4) is 0 Å². The smallest absolute Gasteiger partial charge is 0.243 e. The first-order chi connectivity index (χ1) is 14.4. The van der Waals surface area contributed by atoms with Crippen LogP contribution in [0.2, 0.25) is 0 Å². The molecular weight excluding hydrogens is 383 g/mol. The zero-order valence-electron chi connectivity index (χ0n) is 18.2. The summed E-state index contributed by atoms with van der Waals surface area (Å²) in [5.41, 5.74) is 1.61. The largest absolute Gasteiger partial charge is 0.497 e. The van der Waals surface area contributed by atoms with Gasteiger partial charge in [0.1, 0.15) is 17.6 Å². The van der Waals surface area contributed by atoms with E-state index >= 15 is 0 Å². The number of ether oxygens (including phenoxy) is 1. The van der Waals surface area contributed by atoms with Crippen molar-refractivity contribution in [3.05, 3.63) is 65.5 Å². The van der Waals surface area contributed by atoms with Gasteiger partial charge in [0, 0.05) is 12.6 Å². The number of hydrogen-bond acceptors (Lipinski definition) is 3. The molecule has 162 valence electrons. The van der Waals surface area contributed by atoms with Gasteiger partial charge in [-0.25, -0.2) is 4.39 Å². The number of hydrogen-bond donors (Lipinski definition) is 1. The lowest BCUT2D eigenvalue weighted by Crippen LogP contribution is -2.51. The SMILES string of the molecule is CC[C@H](C)NC(=O)[C@H](CC)N(Cc1ccc(OC)cc1)C(=O)Cc1ccc(F)cc1. The Labute approximate surface area is 178 Å². The van der Waals surface area contributed by atoms with E-state index in [1.807, 2.05) is 45.0 Å². The topological polar surface area (TPSA) is 58.6 Å². The maximum atomic E-state index is 13.2. The van der Waals surface area contributed by atoms with Crippen molar-refractivity contribution >= 4 is 11.8 Å². The number of carbonyl (C=O) groups is 2. The molecule has 6 heteroatoms. The molecule has 0 saturated carbocycles. The van der Waals surface area contributed by atoms with Crippen molar-refractivity contribution in [1.29, 1.82) is 0 Å². The minimum absolute atomic E-state index is 0.0292. The van der Waals surface area contributed by atoms with E-state index in [4.69, 9.17) is 4.74 Å². The van der Waals surface area contributed by atoms with Gasteiger partial charge >= 0.3 is 0 Å². The second kappa shape index (κ2) is 11.3. The highest BCUT2D eigenvalue weighted by Crippen LogP contribution is 2.18. The molecule has 0 saturated heterocycles. The van der Waals surface area contributed by atoms with Crippen molar-refractivity contribution in [3.8, 4) is 5.75 Å². The number of benzene rings is 2. The van der Waals surface area contributed by atoms with Crippen LogP contribution in [-0.4, -0.2) is 35.9 Å². The summed E-state index contributed by atoms with van der Waals surface area (Å²) >= 11 is 0. The standard InChI is InChI=1S/C24H31FN2O3/c1-5-17(3)26-24(29)22(6-2)27(16-19-9-13-21(30-4)14-10-19)23(28)15-18-7-11-20(25)12-8-18/h7-14,17,22H,5-6,15-16H2,1-4H3,(H,26,29)/t17-,22-/m0/s1. The second-order valence-electron chi connectivity index (χ2n) is 7.41. The molecule has 2 amide bonds. The summed E-state index contributed by atoms with van der Waals surface area (Å²) in [5, 5.41) is 2.99. The van der Waals surface area contributed by atoms with Crippen LogP contribution in [0.25, 0.3) is 0 Å². The molecule has 1 N–H and O–H groups in total. The molecule has 2 atom stereocenters. The Bertz CT molecular complexity index is 821. The number of amides is 2. The highest BCUT2D eigenvalue weighted by Gasteiger charge is 2.29. The normalized spacial score (nSPS) is 12.7. The fourth-order valence-electron chi connectivity index (χ4n) is 3.17. The van der Waals surface area contributed by atoms with Gasteiger partial charge < -0.3 is 15.0 Å². The Morgan fingerprint density at radius 1 is 1.00 bits per heavy atom. The van der Waals surface area contributed by atoms with Crippen molar-refractivity contribution in [3.63, 3.8) is 0 Å². The van der Waals surface area contributed by atoms with Gasteiger partial charge in [0.2, 0.25) is 11.8 Å². The number of nitrogens with one attached hydrogen (secondary N) is 1. The molecular formula is C24H31FN2O3. The Morgan fingerprint density at radius 2 is 1.60 bits per heavy atom. The van der Waals surface area contributed by atoms with Gasteiger partial charge in [-0.2, -0.15) is 0 Å². The van der Waals surface area contributed by atoms with Crippen LogP contribution in [-0.2, 0) is 22.6 Å². The molecule has 0 aliphatic rings. The van der Waals surface area contributed by atoms with Crippen LogP contribution in [0.15, 0.2) is 48.5 Å². The summed E-state index contributed by atoms with van der Waals surface area (Å²) < 4.78 is 18.4. The van der Waals surface area contributed by atoms with Crippen molar-refractivity contribution in [2.75, 3.05) is 7.11 Å². The Kier molecular flexibility index (Phi) is 8.84. The molecule has 0 spiro atoms. The maximum absolute atomic E-state index is 13.2. The predicted molar refractivity (Wildman–Crippen MR) is 116 cm³/mol. The second-order valence-corrected chi connectivity index (χ2v) is 7.41. The number of carbonyl (C=O) groups excluding carboxylic acids is 2. The van der Waals surface area contributed by atoms with Crippen molar-refractivity contribution in [1.82, 2.24) is 10.2 Å². The molecule has 0 aromatic heterocycles. The monoisotopic (exact) mass is 414 g/mol. The van der Waals surface area contributed by atoms with Gasteiger partial charge in [-0.3, -0.25) is 9.59 Å². The molecule has 0 bridgehead atoms. The summed E-state index contributed by atoms with van der Waals surface area (Å²) in [4.78, 5) is 27.7. The molecule has 0 aliphatic carbocycles. The molecule has 0 aliphatic heterocycles. The van der Waals surface area contributed by atoms with Gasteiger partial charge in [-0.1, -0.05) is 38.1 Å². The van der Waals surface area contributed by atoms with Crippen LogP contribution < -0.4 is 10.1 Å². The number of methoxy groups -OCH3 is 1. The number of rotatable bonds is 10. The third-order valence-electron chi connectivity index (χ3n) is 5.17. The minimum atomic E-state index is -0.589. The summed E-state index contributed by atoms with van der Waals surface area (Å²) in [6.45, 7) is 6.14. The molecule has 2 aromatic rings. The van der Waals surface area contributed by atoms with Gasteiger partial charge in [0.15, 0.2) is 0 Å². The third kappa shape index (κ3) is 6.58. The molecule has 0 heterocycles. The van der Waals surface area contributed by atoms with E-state index in [1.165, 1.54) is 12.1 Å². The van der Waals surface area contributed by atoms with E-state index in [9.17, 15) is 14.0 Å². The zero-order chi connectivity index (χ0) is 22.1. The lowest BCUT2D eigenvalue weighted by molar-refractivity contribution is -0.141. The van der Waals surface area contributed by atoms with E-state index in [0.717, 1.165) is 17.7 Å². The summed E-state index contributed by atoms with van der Waals surface area (Å²) in [6, 6.07) is 12.7. The Balaban J connectivity index is 2.27. The van der Waals surface area contributed by atoms with Gasteiger partial charge in [0.25, 0.3) is 0 Å². The highest BCUT2D eigenvalue weighted by molar-refractivity contribution is 5.88. The Hall–Kier alpha value is -2.89. The van der Waals surface area contributed by atoms with Crippen LogP contribution in [0.1, 0.15) is 44.7 Å². The molecule has 30 heavy (non-hydrogen) atoms. The fourth-order valence-corrected chi connectivity index (χ4v) is 3.17. The summed E-state index contributed by atoms with van der Waals surface area (Å²) in [7, 11) is 1.60. The van der Waals surface area contributed by atoms with Crippen LogP contribution in [0.4, 0.5) is 4.39 Å². The molecule has 2 rings (SSSR count). The van der Waals surface area contributed by atoms with Gasteiger partial charge in [-0.15, -0.1) is 0 Å². The van der Waals surface area contributed by atoms with Crippen LogP contribution in [0, 0.1) is 5.82 Å². The number of nitrogens with zero attached hydrogens (tertiary/aromatic N) is 1. The maximum Gasteiger partial charge on any atom is 0.243 e. The van der Waals surface area contributed by atoms with Gasteiger partial charge in [0.05, 0.1) is 13.5 Å². The average Bonchev–Trinajstić information content (AvgIpc) is 2.75. The van der Waals surface area contributed by atoms with E-state index in [0.29, 0.717) is 18.5 Å². The van der Waals surface area contributed by atoms with Crippen molar-refractivity contribution < 1.29 is 18.7 Å². The first-order valence-corrected chi connectivity index (χ1v) is 10.3. The van der Waals surface area contributed by atoms with E-state index in [2.05, 4.69) is 5.32 Å². The van der Waals surface area contributed by atoms with E-state index in [1.54, 1.807) is 24.1 Å². The molecule has 0 unspecified atom stereocenters. The fraction of sp³-hybridized carbons (Fsp3) is 0.417. The number of halogens is 1. The quantitative estimate of drug-likeness (QED) is 0.637. The summed E-state index contributed by atoms with van der Waals surface area (Å²) in [5.74, 6) is 0.0431. The first-order valence-electron chi connectivity index (χ1n) is 10.3. The van der Waals surface area contributed by atoms with Crippen LogP contribution in [0.5, 0.6) is 5.75 Å². The highest BCUT2D eigenvalue weighted by atomic mass is 19.1. The van der Waals surface area contributed by atoms with E-state index in [-0.39, 0.29) is 30.1 Å². The van der Waals surface area contributed by atoms with Crippen LogP contribution >= 0.6 is 0 Å². The molecule has 0 radical (unpaired) electrons. The predicted octanol–water partition coefficient (Wildman–Crippen LogP) is 4.10. The molecule has 2 aromatic carbocycles. The Morgan fingerprint density at radius 3 is 2.13 bits per heavy atom. The van der Waals surface area contributed by atoms with E-state index < -0.39 is 6.04 Å². The third-order valence-corrected chi connectivity index (χ3v) is 5.17. The zero-order valence-corrected chi connectivity index (χ0v) is 18.2. The van der Waals surface area contributed by atoms with Gasteiger partial charge in [-0.05, 0) is 55.2 Å². The van der Waals surface area contributed by atoms with Crippen molar-refractivity contribution in [2.45, 2.75) is 58.7 Å². The van der Waals surface area contributed by atoms with Crippen molar-refractivity contribution in [2.24, 2.45) is 0 Å². The average molecular weight is 415 g/mol. The lowest BCUT2D eigenvalue weighted by Gasteiger charge is -2.31. The minimum Gasteiger partial charge on any atom is -0.497 e. The molecule has 5 nitrogen and oxygen atoms in total. The summed E-state index contributed by atoms with van der Waals surface area (Å²) in [6.07, 6.45) is 1.40. The molecule has 0 fully saturated rings. The lowest BCUT2D eigenvalue weighted by atomic mass is 10.1.